The predicted molar refractivity (Wildman–Crippen MR) is 82.8 cm³/mol. The van der Waals surface area contributed by atoms with Crippen LogP contribution in [0.5, 0.6) is 0 Å². The van der Waals surface area contributed by atoms with Gasteiger partial charge in [-0.25, -0.2) is 13.2 Å². The Kier molecular flexibility index (Phi) is 5.17. The van der Waals surface area contributed by atoms with Crippen LogP contribution in [-0.4, -0.2) is 55.4 Å². The van der Waals surface area contributed by atoms with E-state index in [9.17, 15) is 13.2 Å². The van der Waals surface area contributed by atoms with E-state index in [-0.39, 0.29) is 30.0 Å². The standard InChI is InChI=1S/C13H20N4O4S/c1-3-17(10-7-8-22(19,20)9-10)12-6-5-11(15-16-12)14-13(18)21-4-2/h5-6,10H,3-4,7-9H2,1-2H3,(H,14,15,18). The number of carbonyl (C=O) groups is 1. The molecule has 122 valence electrons. The molecule has 2 rings (SSSR count). The Bertz CT molecular complexity index is 617. The Morgan fingerprint density at radius 2 is 2.18 bits per heavy atom. The molecule has 2 heterocycles. The molecule has 1 amide bonds. The number of anilines is 2. The SMILES string of the molecule is CCOC(=O)Nc1ccc(N(CC)C2CCS(=O)(=O)C2)nn1. The monoisotopic (exact) mass is 328 g/mol. The summed E-state index contributed by atoms with van der Waals surface area (Å²) in [5, 5.41) is 10.5. The lowest BCUT2D eigenvalue weighted by Crippen LogP contribution is -2.36. The highest BCUT2D eigenvalue weighted by Crippen LogP contribution is 2.22. The average Bonchev–Trinajstić information content (AvgIpc) is 2.82. The highest BCUT2D eigenvalue weighted by Gasteiger charge is 2.32. The summed E-state index contributed by atoms with van der Waals surface area (Å²) in [7, 11) is -2.95. The van der Waals surface area contributed by atoms with Gasteiger partial charge in [0.05, 0.1) is 18.1 Å². The molecule has 1 unspecified atom stereocenters. The van der Waals surface area contributed by atoms with Gasteiger partial charge in [0.15, 0.2) is 21.5 Å². The second-order valence-electron chi connectivity index (χ2n) is 4.97. The highest BCUT2D eigenvalue weighted by atomic mass is 32.2. The van der Waals surface area contributed by atoms with Crippen molar-refractivity contribution >= 4 is 27.6 Å². The number of amides is 1. The van der Waals surface area contributed by atoms with Crippen LogP contribution < -0.4 is 10.2 Å². The first-order valence-electron chi connectivity index (χ1n) is 7.19. The third-order valence-electron chi connectivity index (χ3n) is 3.44. The van der Waals surface area contributed by atoms with Crippen molar-refractivity contribution in [1.82, 2.24) is 10.2 Å². The van der Waals surface area contributed by atoms with Crippen molar-refractivity contribution in [2.75, 3.05) is 34.9 Å². The van der Waals surface area contributed by atoms with Crippen LogP contribution in [0.2, 0.25) is 0 Å². The van der Waals surface area contributed by atoms with E-state index < -0.39 is 15.9 Å². The minimum absolute atomic E-state index is 0.0758. The first-order valence-corrected chi connectivity index (χ1v) is 9.02. The predicted octanol–water partition coefficient (Wildman–Crippen LogP) is 1.06. The number of sulfone groups is 1. The van der Waals surface area contributed by atoms with E-state index >= 15 is 0 Å². The van der Waals surface area contributed by atoms with Crippen molar-refractivity contribution in [2.24, 2.45) is 0 Å². The molecule has 0 saturated carbocycles. The Balaban J connectivity index is 2.06. The largest absolute Gasteiger partial charge is 0.450 e. The maximum Gasteiger partial charge on any atom is 0.412 e. The molecule has 0 spiro atoms. The molecule has 1 saturated heterocycles. The van der Waals surface area contributed by atoms with E-state index in [4.69, 9.17) is 4.74 Å². The number of hydrogen-bond acceptors (Lipinski definition) is 7. The zero-order valence-corrected chi connectivity index (χ0v) is 13.5. The highest BCUT2D eigenvalue weighted by molar-refractivity contribution is 7.91. The quantitative estimate of drug-likeness (QED) is 0.862. The van der Waals surface area contributed by atoms with Gasteiger partial charge in [0.1, 0.15) is 0 Å². The molecule has 0 bridgehead atoms. The van der Waals surface area contributed by atoms with Gasteiger partial charge >= 0.3 is 6.09 Å². The van der Waals surface area contributed by atoms with Crippen LogP contribution in [0.1, 0.15) is 20.3 Å². The fraction of sp³-hybridized carbons (Fsp3) is 0.615. The molecular weight excluding hydrogens is 308 g/mol. The van der Waals surface area contributed by atoms with Crippen LogP contribution in [0.3, 0.4) is 0 Å². The maximum atomic E-state index is 11.6. The summed E-state index contributed by atoms with van der Waals surface area (Å²) in [4.78, 5) is 13.2. The van der Waals surface area contributed by atoms with Gasteiger partial charge in [-0.2, -0.15) is 0 Å². The number of nitrogens with one attached hydrogen (secondary N) is 1. The molecule has 0 radical (unpaired) electrons. The van der Waals surface area contributed by atoms with E-state index in [0.29, 0.717) is 18.8 Å². The summed E-state index contributed by atoms with van der Waals surface area (Å²) in [5.41, 5.74) is 0. The van der Waals surface area contributed by atoms with Gasteiger partial charge in [-0.15, -0.1) is 10.2 Å². The molecule has 0 aliphatic carbocycles. The van der Waals surface area contributed by atoms with Crippen LogP contribution in [-0.2, 0) is 14.6 Å². The number of rotatable bonds is 5. The molecule has 9 heteroatoms. The first-order chi connectivity index (χ1) is 10.4. The van der Waals surface area contributed by atoms with Crippen LogP contribution >= 0.6 is 0 Å². The minimum atomic E-state index is -2.95. The van der Waals surface area contributed by atoms with Gasteiger partial charge in [0.25, 0.3) is 0 Å². The van der Waals surface area contributed by atoms with Crippen LogP contribution in [0.4, 0.5) is 16.4 Å². The van der Waals surface area contributed by atoms with Gasteiger partial charge in [0, 0.05) is 12.6 Å². The van der Waals surface area contributed by atoms with Gasteiger partial charge < -0.3 is 9.64 Å². The topological polar surface area (TPSA) is 101 Å². The van der Waals surface area contributed by atoms with Crippen molar-refractivity contribution in [1.29, 1.82) is 0 Å². The molecule has 1 aliphatic heterocycles. The number of hydrogen-bond donors (Lipinski definition) is 1. The number of carbonyl (C=O) groups excluding carboxylic acids is 1. The molecule has 22 heavy (non-hydrogen) atoms. The summed E-state index contributed by atoms with van der Waals surface area (Å²) < 4.78 is 28.0. The van der Waals surface area contributed by atoms with Gasteiger partial charge in [-0.1, -0.05) is 0 Å². The lowest BCUT2D eigenvalue weighted by molar-refractivity contribution is 0.168. The van der Waals surface area contributed by atoms with E-state index in [2.05, 4.69) is 15.5 Å². The summed E-state index contributed by atoms with van der Waals surface area (Å²) in [6.07, 6.45) is 0.0134. The second kappa shape index (κ2) is 6.91. The second-order valence-corrected chi connectivity index (χ2v) is 7.19. The third kappa shape index (κ3) is 4.06. The van der Waals surface area contributed by atoms with E-state index in [1.54, 1.807) is 19.1 Å². The third-order valence-corrected chi connectivity index (χ3v) is 5.19. The van der Waals surface area contributed by atoms with Gasteiger partial charge in [-0.05, 0) is 32.4 Å². The molecular formula is C13H20N4O4S. The van der Waals surface area contributed by atoms with Gasteiger partial charge in [-0.3, -0.25) is 5.32 Å². The Labute approximate surface area is 129 Å². The molecule has 0 aromatic carbocycles. The molecule has 1 aromatic rings. The summed E-state index contributed by atoms with van der Waals surface area (Å²) in [6.45, 7) is 4.57. The van der Waals surface area contributed by atoms with Gasteiger partial charge in [0.2, 0.25) is 0 Å². The lowest BCUT2D eigenvalue weighted by atomic mass is 10.2. The van der Waals surface area contributed by atoms with E-state index in [0.717, 1.165) is 0 Å². The van der Waals surface area contributed by atoms with Crippen molar-refractivity contribution in [3.8, 4) is 0 Å². The Hall–Kier alpha value is -1.90. The Morgan fingerprint density at radius 1 is 1.41 bits per heavy atom. The number of nitrogens with zero attached hydrogens (tertiary/aromatic N) is 3. The smallest absolute Gasteiger partial charge is 0.412 e. The zero-order valence-electron chi connectivity index (χ0n) is 12.7. The first kappa shape index (κ1) is 16.5. The summed E-state index contributed by atoms with van der Waals surface area (Å²) >= 11 is 0. The summed E-state index contributed by atoms with van der Waals surface area (Å²) in [5.74, 6) is 1.24. The van der Waals surface area contributed by atoms with E-state index in [1.807, 2.05) is 11.8 Å². The molecule has 8 nitrogen and oxygen atoms in total. The van der Waals surface area contributed by atoms with Crippen LogP contribution in [0.15, 0.2) is 12.1 Å². The fourth-order valence-electron chi connectivity index (χ4n) is 2.45. The van der Waals surface area contributed by atoms with Crippen molar-refractivity contribution in [3.63, 3.8) is 0 Å². The lowest BCUT2D eigenvalue weighted by Gasteiger charge is -2.27. The fourth-order valence-corrected chi connectivity index (χ4v) is 4.18. The molecule has 1 aliphatic rings. The van der Waals surface area contributed by atoms with Crippen molar-refractivity contribution < 1.29 is 17.9 Å². The average molecular weight is 328 g/mol. The number of ether oxygens (including phenoxy) is 1. The molecule has 1 N–H and O–H groups in total. The summed E-state index contributed by atoms with van der Waals surface area (Å²) in [6, 6.07) is 3.25. The normalized spacial score (nSPS) is 19.6. The molecule has 1 aromatic heterocycles. The van der Waals surface area contributed by atoms with Crippen molar-refractivity contribution in [2.45, 2.75) is 26.3 Å². The van der Waals surface area contributed by atoms with Crippen LogP contribution in [0.25, 0.3) is 0 Å². The van der Waals surface area contributed by atoms with E-state index in [1.165, 1.54) is 0 Å². The number of aromatic nitrogens is 2. The molecule has 1 fully saturated rings. The minimum Gasteiger partial charge on any atom is -0.450 e. The van der Waals surface area contributed by atoms with Crippen molar-refractivity contribution in [3.05, 3.63) is 12.1 Å². The zero-order chi connectivity index (χ0) is 16.2. The maximum absolute atomic E-state index is 11.6. The molecule has 1 atom stereocenters. The van der Waals surface area contributed by atoms with Crippen LogP contribution in [0, 0.1) is 0 Å². The Morgan fingerprint density at radius 3 is 2.68 bits per heavy atom.